The lowest BCUT2D eigenvalue weighted by Gasteiger charge is -1.98. The molecule has 0 N–H and O–H groups in total. The Bertz CT molecular complexity index is 301. The number of aliphatic imine (C=N–C) groups is 1. The third-order valence-electron chi connectivity index (χ3n) is 1.31. The van der Waals surface area contributed by atoms with E-state index in [1.54, 1.807) is 6.20 Å². The minimum absolute atomic E-state index is 0.715. The molecule has 0 amide bonds. The SMILES string of the molecule is C=Nc1cnn(S)c1C(=C)C. The summed E-state index contributed by atoms with van der Waals surface area (Å²) in [6.07, 6.45) is 1.60. The predicted molar refractivity (Wildman–Crippen MR) is 50.5 cm³/mol. The van der Waals surface area contributed by atoms with E-state index in [0.29, 0.717) is 5.69 Å². The van der Waals surface area contributed by atoms with Crippen LogP contribution in [0.3, 0.4) is 0 Å². The van der Waals surface area contributed by atoms with Gasteiger partial charge in [-0.05, 0) is 32.0 Å². The van der Waals surface area contributed by atoms with Crippen molar-refractivity contribution in [2.24, 2.45) is 4.99 Å². The first kappa shape index (κ1) is 8.07. The fraction of sp³-hybridized carbons (Fsp3) is 0.143. The molecule has 0 aliphatic carbocycles. The zero-order valence-electron chi connectivity index (χ0n) is 6.28. The maximum absolute atomic E-state index is 4.07. The molecule has 0 atom stereocenters. The van der Waals surface area contributed by atoms with Crippen LogP contribution in [-0.2, 0) is 0 Å². The van der Waals surface area contributed by atoms with Gasteiger partial charge in [-0.15, -0.1) is 0 Å². The number of hydrogen-bond donors (Lipinski definition) is 1. The van der Waals surface area contributed by atoms with Crippen LogP contribution in [0.25, 0.3) is 5.57 Å². The minimum atomic E-state index is 0.715. The molecule has 0 aliphatic rings. The van der Waals surface area contributed by atoms with Gasteiger partial charge in [0, 0.05) is 0 Å². The van der Waals surface area contributed by atoms with E-state index in [2.05, 4.69) is 36.2 Å². The molecule has 0 fully saturated rings. The maximum Gasteiger partial charge on any atom is 0.109 e. The van der Waals surface area contributed by atoms with Crippen molar-refractivity contribution in [3.8, 4) is 0 Å². The molecule has 0 radical (unpaired) electrons. The van der Waals surface area contributed by atoms with Crippen molar-refractivity contribution in [2.75, 3.05) is 0 Å². The van der Waals surface area contributed by atoms with Gasteiger partial charge in [-0.2, -0.15) is 5.10 Å². The van der Waals surface area contributed by atoms with Crippen molar-refractivity contribution >= 4 is 30.8 Å². The summed E-state index contributed by atoms with van der Waals surface area (Å²) in [5.41, 5.74) is 2.40. The Labute approximate surface area is 71.0 Å². The van der Waals surface area contributed by atoms with Gasteiger partial charge in [0.05, 0.1) is 6.20 Å². The number of nitrogens with zero attached hydrogens (tertiary/aromatic N) is 3. The molecule has 0 bridgehead atoms. The fourth-order valence-electron chi connectivity index (χ4n) is 0.836. The molecule has 0 saturated carbocycles. The van der Waals surface area contributed by atoms with Gasteiger partial charge in [-0.1, -0.05) is 6.58 Å². The Morgan fingerprint density at radius 3 is 2.82 bits per heavy atom. The zero-order chi connectivity index (χ0) is 8.43. The highest BCUT2D eigenvalue weighted by Crippen LogP contribution is 2.24. The molecular weight excluding hydrogens is 158 g/mol. The van der Waals surface area contributed by atoms with E-state index in [-0.39, 0.29) is 0 Å². The third-order valence-corrected chi connectivity index (χ3v) is 1.61. The topological polar surface area (TPSA) is 30.2 Å². The van der Waals surface area contributed by atoms with Gasteiger partial charge in [-0.25, -0.2) is 4.09 Å². The van der Waals surface area contributed by atoms with Gasteiger partial charge < -0.3 is 0 Å². The van der Waals surface area contributed by atoms with Gasteiger partial charge in [0.25, 0.3) is 0 Å². The largest absolute Gasteiger partial charge is 0.261 e. The molecule has 1 aromatic heterocycles. The van der Waals surface area contributed by atoms with E-state index < -0.39 is 0 Å². The first-order valence-electron chi connectivity index (χ1n) is 3.06. The number of allylic oxidation sites excluding steroid dienone is 1. The van der Waals surface area contributed by atoms with Crippen molar-refractivity contribution < 1.29 is 0 Å². The van der Waals surface area contributed by atoms with Crippen LogP contribution in [0.4, 0.5) is 5.69 Å². The maximum atomic E-state index is 4.07. The van der Waals surface area contributed by atoms with Crippen molar-refractivity contribution in [2.45, 2.75) is 6.92 Å². The molecule has 1 heterocycles. The molecule has 11 heavy (non-hydrogen) atoms. The van der Waals surface area contributed by atoms with Crippen molar-refractivity contribution in [1.82, 2.24) is 9.19 Å². The fourth-order valence-corrected chi connectivity index (χ4v) is 1.16. The molecule has 1 aromatic rings. The van der Waals surface area contributed by atoms with Gasteiger partial charge in [-0.3, -0.25) is 4.99 Å². The smallest absolute Gasteiger partial charge is 0.109 e. The number of thiol groups is 1. The molecule has 0 unspecified atom stereocenters. The van der Waals surface area contributed by atoms with Crippen LogP contribution in [0, 0.1) is 0 Å². The quantitative estimate of drug-likeness (QED) is 0.529. The average molecular weight is 167 g/mol. The lowest BCUT2D eigenvalue weighted by Crippen LogP contribution is -1.88. The van der Waals surface area contributed by atoms with Crippen LogP contribution in [0.5, 0.6) is 0 Å². The summed E-state index contributed by atoms with van der Waals surface area (Å²) < 4.78 is 1.44. The highest BCUT2D eigenvalue weighted by atomic mass is 32.1. The van der Waals surface area contributed by atoms with Crippen LogP contribution < -0.4 is 0 Å². The van der Waals surface area contributed by atoms with Crippen LogP contribution in [0.2, 0.25) is 0 Å². The van der Waals surface area contributed by atoms with Crippen LogP contribution in [0.1, 0.15) is 12.6 Å². The van der Waals surface area contributed by atoms with Crippen LogP contribution in [-0.4, -0.2) is 15.9 Å². The van der Waals surface area contributed by atoms with E-state index in [4.69, 9.17) is 0 Å². The summed E-state index contributed by atoms with van der Waals surface area (Å²) in [6.45, 7) is 9.05. The lowest BCUT2D eigenvalue weighted by molar-refractivity contribution is 1.00. The Morgan fingerprint density at radius 2 is 2.45 bits per heavy atom. The first-order chi connectivity index (χ1) is 5.16. The summed E-state index contributed by atoms with van der Waals surface area (Å²) in [5.74, 6) is 0. The van der Waals surface area contributed by atoms with Crippen molar-refractivity contribution in [3.05, 3.63) is 18.5 Å². The Balaban J connectivity index is 3.28. The minimum Gasteiger partial charge on any atom is -0.261 e. The third kappa shape index (κ3) is 1.35. The second-order valence-electron chi connectivity index (χ2n) is 2.21. The Morgan fingerprint density at radius 1 is 1.82 bits per heavy atom. The van der Waals surface area contributed by atoms with Crippen LogP contribution >= 0.6 is 12.8 Å². The summed E-state index contributed by atoms with van der Waals surface area (Å²) in [5, 5.41) is 3.89. The van der Waals surface area contributed by atoms with Crippen molar-refractivity contribution in [3.63, 3.8) is 0 Å². The molecule has 3 nitrogen and oxygen atoms in total. The molecule has 0 saturated heterocycles. The molecular formula is C7H9N3S. The Kier molecular flexibility index (Phi) is 2.14. The number of hydrogen-bond acceptors (Lipinski definition) is 3. The number of rotatable bonds is 2. The van der Waals surface area contributed by atoms with E-state index >= 15 is 0 Å². The van der Waals surface area contributed by atoms with E-state index in [1.807, 2.05) is 6.92 Å². The van der Waals surface area contributed by atoms with E-state index in [0.717, 1.165) is 11.3 Å². The highest BCUT2D eigenvalue weighted by Gasteiger charge is 2.06. The van der Waals surface area contributed by atoms with Gasteiger partial charge in [0.1, 0.15) is 11.4 Å². The summed E-state index contributed by atoms with van der Waals surface area (Å²) in [6, 6.07) is 0. The highest BCUT2D eigenvalue weighted by molar-refractivity contribution is 7.78. The molecule has 0 aliphatic heterocycles. The van der Waals surface area contributed by atoms with E-state index in [9.17, 15) is 0 Å². The van der Waals surface area contributed by atoms with Crippen LogP contribution in [0.15, 0.2) is 17.8 Å². The summed E-state index contributed by atoms with van der Waals surface area (Å²) in [4.78, 5) is 3.77. The molecule has 0 aromatic carbocycles. The first-order valence-corrected chi connectivity index (χ1v) is 3.46. The second kappa shape index (κ2) is 2.92. The predicted octanol–water partition coefficient (Wildman–Crippen LogP) is 1.94. The number of aromatic nitrogens is 2. The normalized spacial score (nSPS) is 9.64. The Hall–Kier alpha value is -1.03. The molecule has 58 valence electrons. The van der Waals surface area contributed by atoms with Gasteiger partial charge in [0.15, 0.2) is 0 Å². The van der Waals surface area contributed by atoms with Crippen molar-refractivity contribution in [1.29, 1.82) is 0 Å². The summed E-state index contributed by atoms with van der Waals surface area (Å²) >= 11 is 4.07. The zero-order valence-corrected chi connectivity index (χ0v) is 7.17. The lowest BCUT2D eigenvalue weighted by atomic mass is 10.2. The van der Waals surface area contributed by atoms with Gasteiger partial charge >= 0.3 is 0 Å². The second-order valence-corrected chi connectivity index (χ2v) is 2.59. The standard InChI is InChI=1S/C7H9N3S/c1-5(2)7-6(8-3)4-9-10(7)11/h4,11H,1,3H2,2H3. The van der Waals surface area contributed by atoms with Gasteiger partial charge in [0.2, 0.25) is 0 Å². The molecule has 0 spiro atoms. The molecule has 1 rings (SSSR count). The monoisotopic (exact) mass is 167 g/mol. The molecule has 4 heteroatoms. The summed E-state index contributed by atoms with van der Waals surface area (Å²) in [7, 11) is 0. The average Bonchev–Trinajstić information content (AvgIpc) is 2.30. The van der Waals surface area contributed by atoms with E-state index in [1.165, 1.54) is 4.09 Å².